The van der Waals surface area contributed by atoms with Crippen LogP contribution in [0.2, 0.25) is 0 Å². The zero-order valence-corrected chi connectivity index (χ0v) is 22.7. The molecule has 0 bridgehead atoms. The topological polar surface area (TPSA) is 150 Å². The van der Waals surface area contributed by atoms with Crippen LogP contribution in [0.25, 0.3) is 0 Å². The van der Waals surface area contributed by atoms with Gasteiger partial charge in [-0.25, -0.2) is 8.42 Å². The highest BCUT2D eigenvalue weighted by Crippen LogP contribution is 2.31. The molecule has 2 atom stereocenters. The standard InChI is InChI=1S/C26H34N4O7S/c1-16-8-7-11-20(14-16)26(34)29-12-13-30(38(35,36)23-17(2)28-37-18(23)3)25(29)24(33)27-21(15-22(31)32)19-9-5-4-6-10-19/h7-8,11,14,19,21,25H,4-6,9-10,12-13,15H2,1-3H3,(H,27,33)(H,31,32). The van der Waals surface area contributed by atoms with Crippen LogP contribution in [0, 0.1) is 26.7 Å². The predicted molar refractivity (Wildman–Crippen MR) is 137 cm³/mol. The van der Waals surface area contributed by atoms with Crippen LogP contribution >= 0.6 is 0 Å². The summed E-state index contributed by atoms with van der Waals surface area (Å²) in [4.78, 5) is 40.2. The number of aryl methyl sites for hydroxylation is 3. The minimum atomic E-state index is -4.29. The molecule has 1 aromatic carbocycles. The Morgan fingerprint density at radius 1 is 1.13 bits per heavy atom. The molecule has 2 heterocycles. The minimum Gasteiger partial charge on any atom is -0.481 e. The zero-order valence-electron chi connectivity index (χ0n) is 21.8. The second kappa shape index (κ2) is 11.2. The van der Waals surface area contributed by atoms with Crippen LogP contribution in [0.15, 0.2) is 33.7 Å². The van der Waals surface area contributed by atoms with E-state index in [9.17, 15) is 27.9 Å². The van der Waals surface area contributed by atoms with Crippen molar-refractivity contribution in [2.24, 2.45) is 5.92 Å². The molecule has 1 aliphatic carbocycles. The molecule has 2 N–H and O–H groups in total. The van der Waals surface area contributed by atoms with Crippen LogP contribution < -0.4 is 5.32 Å². The van der Waals surface area contributed by atoms with Gasteiger partial charge in [-0.05, 0) is 51.7 Å². The van der Waals surface area contributed by atoms with E-state index in [1.807, 2.05) is 13.0 Å². The average Bonchev–Trinajstić information content (AvgIpc) is 3.47. The fraction of sp³-hybridized carbons (Fsp3) is 0.538. The molecule has 1 aliphatic heterocycles. The number of benzene rings is 1. The van der Waals surface area contributed by atoms with Gasteiger partial charge in [-0.3, -0.25) is 14.4 Å². The number of rotatable bonds is 8. The number of hydrogen-bond donors (Lipinski definition) is 2. The van der Waals surface area contributed by atoms with Crippen LogP contribution in [0.5, 0.6) is 0 Å². The molecule has 2 unspecified atom stereocenters. The molecular formula is C26H34N4O7S. The maximum atomic E-state index is 13.8. The van der Waals surface area contributed by atoms with Gasteiger partial charge < -0.3 is 19.8 Å². The van der Waals surface area contributed by atoms with Gasteiger partial charge in [0, 0.05) is 24.7 Å². The van der Waals surface area contributed by atoms with Crippen molar-refractivity contribution in [3.05, 3.63) is 46.8 Å². The summed E-state index contributed by atoms with van der Waals surface area (Å²) in [5, 5.41) is 16.1. The molecule has 12 heteroatoms. The lowest BCUT2D eigenvalue weighted by Gasteiger charge is -2.34. The normalized spacial score (nSPS) is 19.9. The molecule has 0 spiro atoms. The summed E-state index contributed by atoms with van der Waals surface area (Å²) >= 11 is 0. The molecule has 38 heavy (non-hydrogen) atoms. The number of carbonyl (C=O) groups excluding carboxylic acids is 2. The van der Waals surface area contributed by atoms with E-state index in [1.54, 1.807) is 18.2 Å². The Balaban J connectivity index is 1.71. The smallest absolute Gasteiger partial charge is 0.305 e. The number of aromatic nitrogens is 1. The van der Waals surface area contributed by atoms with E-state index < -0.39 is 40.0 Å². The number of sulfonamides is 1. The fourth-order valence-corrected chi connectivity index (χ4v) is 7.40. The molecular weight excluding hydrogens is 512 g/mol. The monoisotopic (exact) mass is 546 g/mol. The summed E-state index contributed by atoms with van der Waals surface area (Å²) < 4.78 is 33.6. The van der Waals surface area contributed by atoms with E-state index in [4.69, 9.17) is 4.52 Å². The summed E-state index contributed by atoms with van der Waals surface area (Å²) in [6, 6.07) is 6.17. The first-order valence-electron chi connectivity index (χ1n) is 12.8. The van der Waals surface area contributed by atoms with Crippen LogP contribution in [0.3, 0.4) is 0 Å². The van der Waals surface area contributed by atoms with E-state index in [1.165, 1.54) is 18.7 Å². The SMILES string of the molecule is Cc1cccc(C(=O)N2CCN(S(=O)(=O)c3c(C)noc3C)C2C(=O)NC(CC(=O)O)C2CCCCC2)c1. The lowest BCUT2D eigenvalue weighted by Crippen LogP contribution is -2.56. The van der Waals surface area contributed by atoms with E-state index in [0.29, 0.717) is 5.56 Å². The molecule has 1 aromatic heterocycles. The zero-order chi connectivity index (χ0) is 27.6. The van der Waals surface area contributed by atoms with Gasteiger partial charge in [-0.1, -0.05) is 42.1 Å². The largest absolute Gasteiger partial charge is 0.481 e. The van der Waals surface area contributed by atoms with Gasteiger partial charge >= 0.3 is 5.97 Å². The lowest BCUT2D eigenvalue weighted by molar-refractivity contribution is -0.138. The Hall–Kier alpha value is -3.25. The first-order chi connectivity index (χ1) is 18.0. The molecule has 1 saturated carbocycles. The molecule has 1 saturated heterocycles. The first-order valence-corrected chi connectivity index (χ1v) is 14.3. The van der Waals surface area contributed by atoms with Crippen LogP contribution in [0.1, 0.15) is 65.9 Å². The summed E-state index contributed by atoms with van der Waals surface area (Å²) in [6.45, 7) is 4.67. The molecule has 4 rings (SSSR count). The maximum Gasteiger partial charge on any atom is 0.305 e. The van der Waals surface area contributed by atoms with Gasteiger partial charge in [-0.15, -0.1) is 0 Å². The predicted octanol–water partition coefficient (Wildman–Crippen LogP) is 2.61. The first kappa shape index (κ1) is 27.8. The van der Waals surface area contributed by atoms with Crippen LogP contribution in [-0.2, 0) is 19.6 Å². The van der Waals surface area contributed by atoms with Gasteiger partial charge in [0.25, 0.3) is 21.8 Å². The highest BCUT2D eigenvalue weighted by atomic mass is 32.2. The van der Waals surface area contributed by atoms with Crippen molar-refractivity contribution in [1.82, 2.24) is 19.7 Å². The Morgan fingerprint density at radius 2 is 1.84 bits per heavy atom. The molecule has 11 nitrogen and oxygen atoms in total. The maximum absolute atomic E-state index is 13.8. The molecule has 2 aromatic rings. The number of nitrogens with one attached hydrogen (secondary N) is 1. The van der Waals surface area contributed by atoms with Crippen molar-refractivity contribution >= 4 is 27.8 Å². The van der Waals surface area contributed by atoms with Gasteiger partial charge in [0.2, 0.25) is 0 Å². The van der Waals surface area contributed by atoms with E-state index in [2.05, 4.69) is 10.5 Å². The third kappa shape index (κ3) is 5.60. The van der Waals surface area contributed by atoms with Gasteiger partial charge in [0.05, 0.1) is 6.42 Å². The van der Waals surface area contributed by atoms with Crippen molar-refractivity contribution in [2.45, 2.75) is 76.4 Å². The van der Waals surface area contributed by atoms with Crippen molar-refractivity contribution in [3.63, 3.8) is 0 Å². The van der Waals surface area contributed by atoms with E-state index >= 15 is 0 Å². The lowest BCUT2D eigenvalue weighted by atomic mass is 9.82. The van der Waals surface area contributed by atoms with Gasteiger partial charge in [0.1, 0.15) is 10.6 Å². The van der Waals surface area contributed by atoms with Crippen molar-refractivity contribution < 1.29 is 32.4 Å². The average molecular weight is 547 g/mol. The number of carbonyl (C=O) groups is 3. The molecule has 2 amide bonds. The van der Waals surface area contributed by atoms with E-state index in [-0.39, 0.29) is 41.8 Å². The molecule has 0 radical (unpaired) electrons. The summed E-state index contributed by atoms with van der Waals surface area (Å²) in [5.74, 6) is -2.23. The van der Waals surface area contributed by atoms with Crippen LogP contribution in [0.4, 0.5) is 0 Å². The third-order valence-corrected chi connectivity index (χ3v) is 9.46. The minimum absolute atomic E-state index is 0.0134. The molecule has 206 valence electrons. The van der Waals surface area contributed by atoms with Crippen molar-refractivity contribution in [2.75, 3.05) is 13.1 Å². The van der Waals surface area contributed by atoms with Gasteiger partial charge in [-0.2, -0.15) is 4.31 Å². The number of hydrogen-bond acceptors (Lipinski definition) is 7. The number of amides is 2. The number of nitrogens with zero attached hydrogens (tertiary/aromatic N) is 3. The Bertz CT molecular complexity index is 1300. The van der Waals surface area contributed by atoms with E-state index in [0.717, 1.165) is 42.0 Å². The second-order valence-electron chi connectivity index (χ2n) is 10.1. The summed E-state index contributed by atoms with van der Waals surface area (Å²) in [6.07, 6.45) is 2.68. The number of carboxylic acids is 1. The number of carboxylic acid groups (broad SMARTS) is 1. The van der Waals surface area contributed by atoms with Crippen molar-refractivity contribution in [3.8, 4) is 0 Å². The van der Waals surface area contributed by atoms with Crippen molar-refractivity contribution in [1.29, 1.82) is 0 Å². The Labute approximate surface area is 222 Å². The Kier molecular flexibility index (Phi) is 8.22. The highest BCUT2D eigenvalue weighted by molar-refractivity contribution is 7.89. The molecule has 2 aliphatic rings. The summed E-state index contributed by atoms with van der Waals surface area (Å²) in [5.41, 5.74) is 1.32. The second-order valence-corrected chi connectivity index (χ2v) is 11.9. The quantitative estimate of drug-likeness (QED) is 0.513. The Morgan fingerprint density at radius 3 is 2.45 bits per heavy atom. The highest BCUT2D eigenvalue weighted by Gasteiger charge is 2.48. The van der Waals surface area contributed by atoms with Crippen LogP contribution in [-0.4, -0.2) is 71.0 Å². The van der Waals surface area contributed by atoms with Gasteiger partial charge in [0.15, 0.2) is 11.9 Å². The third-order valence-electron chi connectivity index (χ3n) is 7.37. The number of aliphatic carboxylic acids is 1. The fourth-order valence-electron chi connectivity index (χ4n) is 5.56. The molecule has 2 fully saturated rings. The summed E-state index contributed by atoms with van der Waals surface area (Å²) in [7, 11) is -4.29.